The summed E-state index contributed by atoms with van der Waals surface area (Å²) in [6, 6.07) is -0.858. The lowest BCUT2D eigenvalue weighted by Crippen LogP contribution is -2.49. The van der Waals surface area contributed by atoms with E-state index in [1.54, 1.807) is 13.8 Å². The van der Waals surface area contributed by atoms with E-state index >= 15 is 0 Å². The summed E-state index contributed by atoms with van der Waals surface area (Å²) >= 11 is 0. The largest absolute Gasteiger partial charge is 0.480 e. The van der Waals surface area contributed by atoms with Crippen LogP contribution in [-0.2, 0) is 4.79 Å². The van der Waals surface area contributed by atoms with E-state index in [0.29, 0.717) is 24.2 Å². The van der Waals surface area contributed by atoms with Crippen LogP contribution in [0.15, 0.2) is 4.79 Å². The molecule has 7 heteroatoms. The van der Waals surface area contributed by atoms with Crippen LogP contribution < -0.4 is 5.56 Å². The predicted octanol–water partition coefficient (Wildman–Crippen LogP) is 0.466. The van der Waals surface area contributed by atoms with Crippen LogP contribution in [0.2, 0.25) is 0 Å². The molecule has 2 N–H and O–H groups in total. The number of carbonyl (C=O) groups excluding carboxylic acids is 1. The monoisotopic (exact) mass is 279 g/mol. The van der Waals surface area contributed by atoms with Crippen LogP contribution in [0.4, 0.5) is 0 Å². The van der Waals surface area contributed by atoms with Crippen LogP contribution in [-0.4, -0.2) is 44.7 Å². The van der Waals surface area contributed by atoms with Crippen molar-refractivity contribution >= 4 is 11.9 Å². The number of aromatic nitrogens is 2. The van der Waals surface area contributed by atoms with Gasteiger partial charge in [-0.05, 0) is 38.7 Å². The molecule has 1 aliphatic rings. The van der Waals surface area contributed by atoms with E-state index in [9.17, 15) is 19.5 Å². The Morgan fingerprint density at radius 1 is 1.35 bits per heavy atom. The maximum atomic E-state index is 12.5. The number of rotatable bonds is 2. The highest BCUT2D eigenvalue weighted by Crippen LogP contribution is 2.20. The maximum absolute atomic E-state index is 12.5. The van der Waals surface area contributed by atoms with E-state index in [2.05, 4.69) is 10.2 Å². The van der Waals surface area contributed by atoms with Crippen molar-refractivity contribution in [3.05, 3.63) is 27.2 Å². The number of hydrogen-bond donors (Lipinski definition) is 2. The van der Waals surface area contributed by atoms with E-state index in [1.165, 1.54) is 4.90 Å². The second-order valence-corrected chi connectivity index (χ2v) is 4.99. The molecule has 0 radical (unpaired) electrons. The molecule has 7 nitrogen and oxygen atoms in total. The molecule has 108 valence electrons. The molecule has 1 amide bonds. The zero-order valence-electron chi connectivity index (χ0n) is 11.5. The van der Waals surface area contributed by atoms with Gasteiger partial charge in [0.05, 0.1) is 5.69 Å². The van der Waals surface area contributed by atoms with E-state index in [4.69, 9.17) is 0 Å². The Morgan fingerprint density at radius 3 is 2.70 bits per heavy atom. The molecule has 0 saturated carbocycles. The Morgan fingerprint density at radius 2 is 2.05 bits per heavy atom. The number of aromatic amines is 1. The van der Waals surface area contributed by atoms with Crippen molar-refractivity contribution in [3.63, 3.8) is 0 Å². The van der Waals surface area contributed by atoms with Crippen molar-refractivity contribution in [2.24, 2.45) is 0 Å². The van der Waals surface area contributed by atoms with Crippen LogP contribution >= 0.6 is 0 Å². The molecule has 1 aromatic rings. The van der Waals surface area contributed by atoms with Crippen LogP contribution in [0, 0.1) is 13.8 Å². The van der Waals surface area contributed by atoms with E-state index < -0.39 is 23.5 Å². The first-order valence-electron chi connectivity index (χ1n) is 6.53. The molecule has 20 heavy (non-hydrogen) atoms. The first kappa shape index (κ1) is 14.2. The van der Waals surface area contributed by atoms with Gasteiger partial charge in [0, 0.05) is 6.54 Å². The second kappa shape index (κ2) is 5.44. The van der Waals surface area contributed by atoms with Crippen molar-refractivity contribution in [3.8, 4) is 0 Å². The quantitative estimate of drug-likeness (QED) is 0.818. The number of carbonyl (C=O) groups is 2. The zero-order valence-corrected chi connectivity index (χ0v) is 11.5. The van der Waals surface area contributed by atoms with Crippen molar-refractivity contribution in [2.45, 2.75) is 39.2 Å². The molecule has 1 aromatic heterocycles. The molecule has 1 saturated heterocycles. The lowest BCUT2D eigenvalue weighted by atomic mass is 10.00. The minimum atomic E-state index is -1.03. The van der Waals surface area contributed by atoms with E-state index in [-0.39, 0.29) is 5.56 Å². The van der Waals surface area contributed by atoms with Gasteiger partial charge in [-0.2, -0.15) is 5.10 Å². The maximum Gasteiger partial charge on any atom is 0.326 e. The number of carboxylic acid groups (broad SMARTS) is 1. The molecule has 1 fully saturated rings. The number of aryl methyl sites for hydroxylation is 1. The highest BCUT2D eigenvalue weighted by molar-refractivity contribution is 5.97. The number of piperidine rings is 1. The van der Waals surface area contributed by atoms with Gasteiger partial charge in [0.1, 0.15) is 11.6 Å². The van der Waals surface area contributed by atoms with Crippen molar-refractivity contribution < 1.29 is 14.7 Å². The van der Waals surface area contributed by atoms with Gasteiger partial charge in [-0.3, -0.25) is 9.59 Å². The predicted molar refractivity (Wildman–Crippen MR) is 70.6 cm³/mol. The summed E-state index contributed by atoms with van der Waals surface area (Å²) in [6.45, 7) is 3.69. The van der Waals surface area contributed by atoms with Crippen molar-refractivity contribution in [1.82, 2.24) is 15.1 Å². The number of hydrogen-bond acceptors (Lipinski definition) is 4. The smallest absolute Gasteiger partial charge is 0.326 e. The second-order valence-electron chi connectivity index (χ2n) is 4.99. The van der Waals surface area contributed by atoms with Gasteiger partial charge in [-0.1, -0.05) is 0 Å². The topological polar surface area (TPSA) is 103 Å². The Labute approximate surface area is 115 Å². The Bertz CT molecular complexity index is 608. The lowest BCUT2D eigenvalue weighted by molar-refractivity contribution is -0.143. The number of amides is 1. The number of nitrogens with one attached hydrogen (secondary N) is 1. The Hall–Kier alpha value is -2.18. The average Bonchev–Trinajstić information content (AvgIpc) is 2.43. The number of aliphatic carboxylic acids is 1. The number of likely N-dealkylation sites (tertiary alicyclic amines) is 1. The highest BCUT2D eigenvalue weighted by Gasteiger charge is 2.34. The fraction of sp³-hybridized carbons (Fsp3) is 0.538. The SMILES string of the molecule is Cc1n[nH]c(=O)c(C(=O)N2CCCC[C@@H]2C(=O)O)c1C. The zero-order chi connectivity index (χ0) is 14.9. The molecule has 0 aromatic carbocycles. The third-order valence-electron chi connectivity index (χ3n) is 3.73. The van der Waals surface area contributed by atoms with Gasteiger partial charge in [0.2, 0.25) is 0 Å². The van der Waals surface area contributed by atoms with Crippen LogP contribution in [0.1, 0.15) is 40.9 Å². The van der Waals surface area contributed by atoms with Crippen molar-refractivity contribution in [2.75, 3.05) is 6.54 Å². The summed E-state index contributed by atoms with van der Waals surface area (Å²) in [6.07, 6.45) is 1.93. The first-order valence-corrected chi connectivity index (χ1v) is 6.53. The minimum Gasteiger partial charge on any atom is -0.480 e. The molecule has 2 rings (SSSR count). The summed E-state index contributed by atoms with van der Waals surface area (Å²) < 4.78 is 0. The standard InChI is InChI=1S/C13H17N3O4/c1-7-8(2)14-15-11(17)10(7)12(18)16-6-4-3-5-9(16)13(19)20/h9H,3-6H2,1-2H3,(H,15,17)(H,19,20)/t9-/m1/s1. The molecular weight excluding hydrogens is 262 g/mol. The van der Waals surface area contributed by atoms with E-state index in [1.807, 2.05) is 0 Å². The molecular formula is C13H17N3O4. The molecule has 0 unspecified atom stereocenters. The molecule has 0 spiro atoms. The molecule has 1 aliphatic heterocycles. The highest BCUT2D eigenvalue weighted by atomic mass is 16.4. The Kier molecular flexibility index (Phi) is 3.87. The number of nitrogens with zero attached hydrogens (tertiary/aromatic N) is 2. The van der Waals surface area contributed by atoms with Crippen LogP contribution in [0.5, 0.6) is 0 Å². The molecule has 0 bridgehead atoms. The molecule has 0 aliphatic carbocycles. The third kappa shape index (κ3) is 2.43. The minimum absolute atomic E-state index is 0.00866. The van der Waals surface area contributed by atoms with Gasteiger partial charge in [0.25, 0.3) is 11.5 Å². The van der Waals surface area contributed by atoms with Crippen LogP contribution in [0.3, 0.4) is 0 Å². The fourth-order valence-electron chi connectivity index (χ4n) is 2.46. The van der Waals surface area contributed by atoms with Crippen molar-refractivity contribution in [1.29, 1.82) is 0 Å². The van der Waals surface area contributed by atoms with Gasteiger partial charge in [0.15, 0.2) is 0 Å². The fourth-order valence-corrected chi connectivity index (χ4v) is 2.46. The first-order chi connectivity index (χ1) is 9.43. The van der Waals surface area contributed by atoms with Gasteiger partial charge in [-0.15, -0.1) is 0 Å². The summed E-state index contributed by atoms with van der Waals surface area (Å²) in [5.74, 6) is -1.56. The summed E-state index contributed by atoms with van der Waals surface area (Å²) in [5.41, 5.74) is 0.462. The summed E-state index contributed by atoms with van der Waals surface area (Å²) in [7, 11) is 0. The van der Waals surface area contributed by atoms with Gasteiger partial charge >= 0.3 is 5.97 Å². The van der Waals surface area contributed by atoms with Gasteiger partial charge < -0.3 is 10.0 Å². The molecule has 2 heterocycles. The van der Waals surface area contributed by atoms with E-state index in [0.717, 1.165) is 12.8 Å². The third-order valence-corrected chi connectivity index (χ3v) is 3.73. The molecule has 1 atom stereocenters. The van der Waals surface area contributed by atoms with Gasteiger partial charge in [-0.25, -0.2) is 9.89 Å². The summed E-state index contributed by atoms with van der Waals surface area (Å²) in [4.78, 5) is 36.9. The lowest BCUT2D eigenvalue weighted by Gasteiger charge is -2.33. The number of carboxylic acids is 1. The normalized spacial score (nSPS) is 18.9. The number of H-pyrrole nitrogens is 1. The Balaban J connectivity index is 2.42. The average molecular weight is 279 g/mol. The van der Waals surface area contributed by atoms with Crippen LogP contribution in [0.25, 0.3) is 0 Å². The summed E-state index contributed by atoms with van der Waals surface area (Å²) in [5, 5.41) is 15.3.